The lowest BCUT2D eigenvalue weighted by atomic mass is 10.2. The van der Waals surface area contributed by atoms with Crippen LogP contribution in [0, 0.1) is 0 Å². The number of imidazole rings is 1. The Balaban J connectivity index is 1.91. The predicted octanol–water partition coefficient (Wildman–Crippen LogP) is 0.483. The van der Waals surface area contributed by atoms with Crippen molar-refractivity contribution in [3.8, 4) is 0 Å². The topological polar surface area (TPSA) is 89.5 Å². The number of anilines is 2. The van der Waals surface area contributed by atoms with Gasteiger partial charge >= 0.3 is 5.69 Å². The molecular formula is C17H21N7O2. The van der Waals surface area contributed by atoms with Crippen LogP contribution in [0.15, 0.2) is 39.0 Å². The quantitative estimate of drug-likeness (QED) is 0.543. The fourth-order valence-electron chi connectivity index (χ4n) is 2.64. The molecule has 0 saturated heterocycles. The summed E-state index contributed by atoms with van der Waals surface area (Å²) in [6.45, 7) is 0. The number of rotatable bonds is 4. The minimum Gasteiger partial charge on any atom is -0.378 e. The number of nitrogens with one attached hydrogen (secondary N) is 1. The third-order valence-electron chi connectivity index (χ3n) is 4.26. The van der Waals surface area contributed by atoms with E-state index in [2.05, 4.69) is 15.5 Å². The minimum atomic E-state index is -0.420. The molecule has 9 nitrogen and oxygen atoms in total. The summed E-state index contributed by atoms with van der Waals surface area (Å²) in [6, 6.07) is 7.90. The summed E-state index contributed by atoms with van der Waals surface area (Å²) < 4.78 is 3.98. The van der Waals surface area contributed by atoms with E-state index in [9.17, 15) is 9.59 Å². The van der Waals surface area contributed by atoms with Gasteiger partial charge in [-0.2, -0.15) is 10.1 Å². The highest BCUT2D eigenvalue weighted by Crippen LogP contribution is 2.14. The van der Waals surface area contributed by atoms with Gasteiger partial charge in [0.25, 0.3) is 5.56 Å². The molecule has 2 heterocycles. The molecule has 0 unspecified atom stereocenters. The number of fused-ring (bicyclic) bond motifs is 1. The smallest absolute Gasteiger partial charge is 0.332 e. The zero-order valence-electron chi connectivity index (χ0n) is 15.4. The van der Waals surface area contributed by atoms with Crippen LogP contribution in [0.4, 0.5) is 11.6 Å². The molecule has 1 aromatic carbocycles. The molecule has 0 amide bonds. The summed E-state index contributed by atoms with van der Waals surface area (Å²) in [5.41, 5.74) is 4.69. The molecule has 0 radical (unpaired) electrons. The first kappa shape index (κ1) is 17.5. The summed E-state index contributed by atoms with van der Waals surface area (Å²) >= 11 is 0. The maximum atomic E-state index is 12.3. The predicted molar refractivity (Wildman–Crippen MR) is 103 cm³/mol. The molecule has 136 valence electrons. The fraction of sp³-hybridized carbons (Fsp3) is 0.294. The number of hydrogen-bond donors (Lipinski definition) is 1. The van der Waals surface area contributed by atoms with Gasteiger partial charge in [0.1, 0.15) is 0 Å². The van der Waals surface area contributed by atoms with E-state index in [1.807, 2.05) is 43.3 Å². The molecular weight excluding hydrogens is 334 g/mol. The first-order valence-electron chi connectivity index (χ1n) is 8.00. The average Bonchev–Trinajstić information content (AvgIpc) is 2.95. The summed E-state index contributed by atoms with van der Waals surface area (Å²) in [5, 5.41) is 4.18. The molecule has 26 heavy (non-hydrogen) atoms. The van der Waals surface area contributed by atoms with Crippen molar-refractivity contribution in [1.82, 2.24) is 18.7 Å². The van der Waals surface area contributed by atoms with Gasteiger partial charge in [-0.3, -0.25) is 13.9 Å². The van der Waals surface area contributed by atoms with Gasteiger partial charge in [0.2, 0.25) is 5.95 Å². The van der Waals surface area contributed by atoms with E-state index in [-0.39, 0.29) is 0 Å². The summed E-state index contributed by atoms with van der Waals surface area (Å²) in [5.74, 6) is 0.375. The number of benzene rings is 1. The normalized spacial score (nSPS) is 11.4. The monoisotopic (exact) mass is 355 g/mol. The van der Waals surface area contributed by atoms with E-state index in [1.165, 1.54) is 11.6 Å². The maximum Gasteiger partial charge on any atom is 0.332 e. The third kappa shape index (κ3) is 2.87. The Bertz CT molecular complexity index is 1100. The van der Waals surface area contributed by atoms with Gasteiger partial charge in [0.05, 0.1) is 6.21 Å². The Hall–Kier alpha value is -3.36. The van der Waals surface area contributed by atoms with Crippen molar-refractivity contribution in [2.75, 3.05) is 24.4 Å². The average molecular weight is 355 g/mol. The standard InChI is InChI=1S/C17H21N7O2/c1-21(2)12-8-6-11(7-9-12)10-18-20-16-19-14-13(22(16)3)15(25)24(5)17(26)23(14)4/h6-10H,1-5H3,(H,19,20)/b18-10+. The van der Waals surface area contributed by atoms with Gasteiger partial charge in [0.15, 0.2) is 11.2 Å². The van der Waals surface area contributed by atoms with Crippen LogP contribution in [-0.4, -0.2) is 39.0 Å². The molecule has 0 spiro atoms. The van der Waals surface area contributed by atoms with Crippen LogP contribution in [0.2, 0.25) is 0 Å². The number of aryl methyl sites for hydroxylation is 2. The Morgan fingerprint density at radius 2 is 1.69 bits per heavy atom. The molecule has 2 aromatic heterocycles. The third-order valence-corrected chi connectivity index (χ3v) is 4.26. The van der Waals surface area contributed by atoms with Crippen molar-refractivity contribution >= 4 is 29.0 Å². The molecule has 3 aromatic rings. The van der Waals surface area contributed by atoms with Crippen molar-refractivity contribution in [2.45, 2.75) is 0 Å². The molecule has 0 atom stereocenters. The fourth-order valence-corrected chi connectivity index (χ4v) is 2.64. The number of aromatic nitrogens is 4. The number of nitrogens with zero attached hydrogens (tertiary/aromatic N) is 6. The molecule has 0 saturated carbocycles. The van der Waals surface area contributed by atoms with Crippen molar-refractivity contribution < 1.29 is 0 Å². The van der Waals surface area contributed by atoms with E-state index < -0.39 is 11.2 Å². The minimum absolute atomic E-state index is 0.314. The van der Waals surface area contributed by atoms with Crippen molar-refractivity contribution in [3.63, 3.8) is 0 Å². The van der Waals surface area contributed by atoms with Gasteiger partial charge in [-0.15, -0.1) is 0 Å². The van der Waals surface area contributed by atoms with Crippen LogP contribution in [-0.2, 0) is 21.1 Å². The summed E-state index contributed by atoms with van der Waals surface area (Å²) in [6.07, 6.45) is 1.66. The molecule has 0 aliphatic heterocycles. The van der Waals surface area contributed by atoms with Crippen molar-refractivity contribution in [1.29, 1.82) is 0 Å². The lowest BCUT2D eigenvalue weighted by Crippen LogP contribution is -2.37. The second kappa shape index (κ2) is 6.51. The maximum absolute atomic E-state index is 12.3. The van der Waals surface area contributed by atoms with Crippen LogP contribution >= 0.6 is 0 Å². The van der Waals surface area contributed by atoms with Gasteiger partial charge in [-0.25, -0.2) is 10.2 Å². The largest absolute Gasteiger partial charge is 0.378 e. The van der Waals surface area contributed by atoms with E-state index >= 15 is 0 Å². The van der Waals surface area contributed by atoms with Gasteiger partial charge in [-0.1, -0.05) is 12.1 Å². The highest BCUT2D eigenvalue weighted by atomic mass is 16.2. The van der Waals surface area contributed by atoms with Gasteiger partial charge in [-0.05, 0) is 17.7 Å². The summed E-state index contributed by atoms with van der Waals surface area (Å²) in [7, 11) is 8.68. The van der Waals surface area contributed by atoms with E-state index in [0.717, 1.165) is 15.8 Å². The molecule has 0 aliphatic rings. The van der Waals surface area contributed by atoms with Crippen LogP contribution in [0.5, 0.6) is 0 Å². The molecule has 3 rings (SSSR count). The molecule has 0 aliphatic carbocycles. The van der Waals surface area contributed by atoms with Crippen LogP contribution in [0.3, 0.4) is 0 Å². The number of hydrazone groups is 1. The Kier molecular flexibility index (Phi) is 4.37. The molecule has 9 heteroatoms. The number of hydrogen-bond acceptors (Lipinski definition) is 6. The van der Waals surface area contributed by atoms with Gasteiger partial charge < -0.3 is 9.47 Å². The zero-order valence-corrected chi connectivity index (χ0v) is 15.4. The van der Waals surface area contributed by atoms with E-state index in [1.54, 1.807) is 24.9 Å². The SMILES string of the molecule is CN(C)c1ccc(/C=N/Nc2nc3c(c(=O)n(C)c(=O)n3C)n2C)cc1. The van der Waals surface area contributed by atoms with E-state index in [4.69, 9.17) is 0 Å². The van der Waals surface area contributed by atoms with Crippen LogP contribution in [0.1, 0.15) is 5.56 Å². The van der Waals surface area contributed by atoms with E-state index in [0.29, 0.717) is 17.1 Å². The zero-order chi connectivity index (χ0) is 19.0. The molecule has 0 fully saturated rings. The van der Waals surface area contributed by atoms with Crippen molar-refractivity contribution in [2.24, 2.45) is 26.2 Å². The Labute approximate surface area is 149 Å². The lowest BCUT2D eigenvalue weighted by Gasteiger charge is -2.11. The Morgan fingerprint density at radius 3 is 2.31 bits per heavy atom. The lowest BCUT2D eigenvalue weighted by molar-refractivity contribution is 0.705. The highest BCUT2D eigenvalue weighted by Gasteiger charge is 2.16. The first-order valence-corrected chi connectivity index (χ1v) is 8.00. The van der Waals surface area contributed by atoms with Crippen LogP contribution < -0.4 is 21.6 Å². The van der Waals surface area contributed by atoms with Crippen molar-refractivity contribution in [3.05, 3.63) is 50.7 Å². The molecule has 1 N–H and O–H groups in total. The first-order chi connectivity index (χ1) is 12.3. The van der Waals surface area contributed by atoms with Crippen LogP contribution in [0.25, 0.3) is 11.2 Å². The summed E-state index contributed by atoms with van der Waals surface area (Å²) in [4.78, 5) is 30.7. The Morgan fingerprint density at radius 1 is 1.04 bits per heavy atom. The molecule has 0 bridgehead atoms. The highest BCUT2D eigenvalue weighted by molar-refractivity contribution is 5.81. The second-order valence-electron chi connectivity index (χ2n) is 6.23. The van der Waals surface area contributed by atoms with Gasteiger partial charge in [0, 0.05) is 40.9 Å². The second-order valence-corrected chi connectivity index (χ2v) is 6.23.